The number of benzene rings is 2. The van der Waals surface area contributed by atoms with Gasteiger partial charge in [-0.3, -0.25) is 9.59 Å². The highest BCUT2D eigenvalue weighted by Gasteiger charge is 2.31. The average Bonchev–Trinajstić information content (AvgIpc) is 2.59. The number of hydrogen-bond acceptors (Lipinski definition) is 6. The number of sulfone groups is 1. The largest absolute Gasteiger partial charge is 0.573 e. The van der Waals surface area contributed by atoms with E-state index in [1.165, 1.54) is 31.2 Å². The van der Waals surface area contributed by atoms with E-state index >= 15 is 0 Å². The molecular formula is C17H13F3O5S2. The van der Waals surface area contributed by atoms with Crippen LogP contribution in [0.15, 0.2) is 58.3 Å². The van der Waals surface area contributed by atoms with Gasteiger partial charge in [0, 0.05) is 12.5 Å². The molecule has 0 saturated carbocycles. The van der Waals surface area contributed by atoms with Gasteiger partial charge in [0.05, 0.1) is 15.5 Å². The number of carbonyl (C=O) groups is 2. The van der Waals surface area contributed by atoms with Crippen LogP contribution < -0.4 is 4.74 Å². The summed E-state index contributed by atoms with van der Waals surface area (Å²) >= 11 is 0.847. The van der Waals surface area contributed by atoms with Crippen molar-refractivity contribution in [2.45, 2.75) is 23.1 Å². The summed E-state index contributed by atoms with van der Waals surface area (Å²) in [5, 5.41) is -0.208. The number of ketones is 1. The van der Waals surface area contributed by atoms with Crippen LogP contribution in [0.4, 0.5) is 13.2 Å². The summed E-state index contributed by atoms with van der Waals surface area (Å²) in [6, 6.07) is 8.88. The molecule has 10 heteroatoms. The predicted octanol–water partition coefficient (Wildman–Crippen LogP) is 3.88. The minimum atomic E-state index is -4.87. The lowest BCUT2D eigenvalue weighted by Gasteiger charge is -2.10. The molecule has 0 aliphatic carbocycles. The number of Topliss-reactive ketones (excluding diaryl/α,β-unsaturated/α-hetero) is 1. The number of hydrogen-bond donors (Lipinski definition) is 0. The molecule has 0 bridgehead atoms. The lowest BCUT2D eigenvalue weighted by Crippen LogP contribution is -2.17. The van der Waals surface area contributed by atoms with E-state index in [9.17, 15) is 31.2 Å². The Balaban J connectivity index is 2.19. The highest BCUT2D eigenvalue weighted by Crippen LogP contribution is 2.26. The second-order valence-corrected chi connectivity index (χ2v) is 8.35. The lowest BCUT2D eigenvalue weighted by atomic mass is 10.1. The van der Waals surface area contributed by atoms with Crippen molar-refractivity contribution in [3.05, 3.63) is 54.1 Å². The molecule has 0 radical (unpaired) electrons. The SMILES string of the molecule is CC(=O)SCC(=O)c1ccc(S(=O)(=O)c2ccc(OC(F)(F)F)cc2)cc1. The highest BCUT2D eigenvalue weighted by atomic mass is 32.2. The third-order valence-electron chi connectivity index (χ3n) is 3.26. The van der Waals surface area contributed by atoms with E-state index < -0.39 is 21.9 Å². The Morgan fingerprint density at radius 2 is 1.44 bits per heavy atom. The lowest BCUT2D eigenvalue weighted by molar-refractivity contribution is -0.274. The molecule has 0 atom stereocenters. The standard InChI is InChI=1S/C17H13F3O5S2/c1-11(21)26-10-16(22)12-2-6-14(7-3-12)27(23,24)15-8-4-13(5-9-15)25-17(18,19)20/h2-9H,10H2,1H3. The van der Waals surface area contributed by atoms with E-state index in [1.807, 2.05) is 0 Å². The summed E-state index contributed by atoms with van der Waals surface area (Å²) in [6.07, 6.45) is -4.87. The molecule has 27 heavy (non-hydrogen) atoms. The molecule has 5 nitrogen and oxygen atoms in total. The van der Waals surface area contributed by atoms with Gasteiger partial charge in [0.15, 0.2) is 10.9 Å². The van der Waals surface area contributed by atoms with Crippen LogP contribution in [-0.2, 0) is 14.6 Å². The van der Waals surface area contributed by atoms with Crippen molar-refractivity contribution in [1.82, 2.24) is 0 Å². The molecule has 0 saturated heterocycles. The third-order valence-corrected chi connectivity index (χ3v) is 5.86. The maximum absolute atomic E-state index is 12.5. The molecule has 0 aliphatic rings. The number of rotatable bonds is 6. The Morgan fingerprint density at radius 1 is 0.963 bits per heavy atom. The van der Waals surface area contributed by atoms with Gasteiger partial charge in [-0.15, -0.1) is 13.2 Å². The maximum Gasteiger partial charge on any atom is 0.573 e. The first-order valence-corrected chi connectivity index (χ1v) is 9.83. The minimum absolute atomic E-state index is 0.0535. The number of ether oxygens (including phenoxy) is 1. The van der Waals surface area contributed by atoms with Crippen LogP contribution in [0.2, 0.25) is 0 Å². The average molecular weight is 418 g/mol. The maximum atomic E-state index is 12.5. The van der Waals surface area contributed by atoms with Gasteiger partial charge < -0.3 is 4.74 Å². The summed E-state index contributed by atoms with van der Waals surface area (Å²) < 4.78 is 65.2. The number of thioether (sulfide) groups is 1. The molecule has 0 N–H and O–H groups in total. The first kappa shape index (κ1) is 21.0. The van der Waals surface area contributed by atoms with Crippen molar-refractivity contribution < 1.29 is 35.9 Å². The molecule has 0 aliphatic heterocycles. The molecule has 2 rings (SSSR count). The summed E-state index contributed by atoms with van der Waals surface area (Å²) in [5.41, 5.74) is 0.247. The van der Waals surface area contributed by atoms with Crippen LogP contribution >= 0.6 is 11.8 Å². The van der Waals surface area contributed by atoms with Crippen molar-refractivity contribution >= 4 is 32.5 Å². The van der Waals surface area contributed by atoms with E-state index in [4.69, 9.17) is 0 Å². The molecule has 0 aromatic heterocycles. The summed E-state index contributed by atoms with van der Waals surface area (Å²) in [4.78, 5) is 22.4. The Hall–Kier alpha value is -2.33. The molecule has 0 spiro atoms. The Bertz CT molecular complexity index is 934. The zero-order valence-electron chi connectivity index (χ0n) is 13.8. The molecule has 0 amide bonds. The fourth-order valence-electron chi connectivity index (χ4n) is 2.03. The summed E-state index contributed by atoms with van der Waals surface area (Å²) in [7, 11) is -3.98. The van der Waals surface area contributed by atoms with Crippen LogP contribution in [0.5, 0.6) is 5.75 Å². The summed E-state index contributed by atoms with van der Waals surface area (Å²) in [5.74, 6) is -0.916. The van der Waals surface area contributed by atoms with E-state index in [0.29, 0.717) is 0 Å². The van der Waals surface area contributed by atoms with E-state index in [2.05, 4.69) is 4.74 Å². The Kier molecular flexibility index (Phi) is 6.32. The van der Waals surface area contributed by atoms with Gasteiger partial charge in [0.2, 0.25) is 9.84 Å². The number of carbonyl (C=O) groups excluding carboxylic acids is 2. The van der Waals surface area contributed by atoms with Crippen molar-refractivity contribution in [2.75, 3.05) is 5.75 Å². The van der Waals surface area contributed by atoms with Gasteiger partial charge in [-0.2, -0.15) is 0 Å². The number of alkyl halides is 3. The molecule has 0 fully saturated rings. The van der Waals surface area contributed by atoms with E-state index in [-0.39, 0.29) is 32.0 Å². The van der Waals surface area contributed by atoms with Crippen molar-refractivity contribution in [1.29, 1.82) is 0 Å². The smallest absolute Gasteiger partial charge is 0.406 e. The van der Waals surface area contributed by atoms with Crippen molar-refractivity contribution in [3.63, 3.8) is 0 Å². The van der Waals surface area contributed by atoms with Crippen LogP contribution in [0.25, 0.3) is 0 Å². The monoisotopic (exact) mass is 418 g/mol. The van der Waals surface area contributed by atoms with Crippen LogP contribution in [0, 0.1) is 0 Å². The quantitative estimate of drug-likeness (QED) is 0.663. The highest BCUT2D eigenvalue weighted by molar-refractivity contribution is 8.14. The third kappa shape index (κ3) is 5.83. The van der Waals surface area contributed by atoms with Gasteiger partial charge >= 0.3 is 6.36 Å². The van der Waals surface area contributed by atoms with Gasteiger partial charge in [-0.1, -0.05) is 23.9 Å². The van der Waals surface area contributed by atoms with Crippen molar-refractivity contribution in [2.24, 2.45) is 0 Å². The van der Waals surface area contributed by atoms with Crippen molar-refractivity contribution in [3.8, 4) is 5.75 Å². The molecule has 2 aromatic carbocycles. The molecule has 144 valence electrons. The van der Waals surface area contributed by atoms with Gasteiger partial charge in [0.25, 0.3) is 0 Å². The second kappa shape index (κ2) is 8.13. The zero-order valence-corrected chi connectivity index (χ0v) is 15.5. The molecule has 2 aromatic rings. The first-order chi connectivity index (χ1) is 12.5. The van der Waals surface area contributed by atoms with Crippen LogP contribution in [-0.4, -0.2) is 31.4 Å². The van der Waals surface area contributed by atoms with Gasteiger partial charge in [-0.05, 0) is 36.4 Å². The van der Waals surface area contributed by atoms with Gasteiger partial charge in [-0.25, -0.2) is 8.42 Å². The minimum Gasteiger partial charge on any atom is -0.406 e. The Morgan fingerprint density at radius 3 is 1.89 bits per heavy atom. The Labute approximate surface area is 157 Å². The number of halogens is 3. The molecule has 0 heterocycles. The topological polar surface area (TPSA) is 77.5 Å². The fourth-order valence-corrected chi connectivity index (χ4v) is 3.79. The first-order valence-electron chi connectivity index (χ1n) is 7.36. The van der Waals surface area contributed by atoms with Crippen LogP contribution in [0.3, 0.4) is 0 Å². The normalized spacial score (nSPS) is 11.9. The molecular weight excluding hydrogens is 405 g/mol. The predicted molar refractivity (Wildman–Crippen MR) is 92.5 cm³/mol. The molecule has 0 unspecified atom stereocenters. The zero-order chi connectivity index (χ0) is 20.2. The van der Waals surface area contributed by atoms with E-state index in [1.54, 1.807) is 0 Å². The summed E-state index contributed by atoms with van der Waals surface area (Å²) in [6.45, 7) is 1.33. The fraction of sp³-hybridized carbons (Fsp3) is 0.176. The van der Waals surface area contributed by atoms with Gasteiger partial charge in [0.1, 0.15) is 5.75 Å². The second-order valence-electron chi connectivity index (χ2n) is 5.25. The van der Waals surface area contributed by atoms with Crippen LogP contribution in [0.1, 0.15) is 17.3 Å². The van der Waals surface area contributed by atoms with E-state index in [0.717, 1.165) is 36.0 Å².